The molecule has 25 heavy (non-hydrogen) atoms. The van der Waals surface area contributed by atoms with Gasteiger partial charge in [0.05, 0.1) is 30.0 Å². The summed E-state index contributed by atoms with van der Waals surface area (Å²) in [6.45, 7) is 8.09. The van der Waals surface area contributed by atoms with Gasteiger partial charge in [0.15, 0.2) is 0 Å². The minimum Gasteiger partial charge on any atom is -0.491 e. The minimum atomic E-state index is 0.191. The molecule has 2 aromatic carbocycles. The lowest BCUT2D eigenvalue weighted by atomic mass is 10.2. The third kappa shape index (κ3) is 5.03. The number of nitrogens with one attached hydrogen (secondary N) is 1. The lowest BCUT2D eigenvalue weighted by Gasteiger charge is -2.29. The highest BCUT2D eigenvalue weighted by atomic mass is 35.5. The van der Waals surface area contributed by atoms with Crippen LogP contribution in [0.5, 0.6) is 5.75 Å². The SMILES string of the molecule is CC(C)Oc1ccc(CNc2ccc(N3CCOCC3)c(Cl)c2)cc1. The Bertz CT molecular complexity index is 683. The van der Waals surface area contributed by atoms with E-state index >= 15 is 0 Å². The second kappa shape index (κ2) is 8.45. The molecule has 0 unspecified atom stereocenters. The van der Waals surface area contributed by atoms with Crippen molar-refractivity contribution < 1.29 is 9.47 Å². The molecule has 1 aliphatic heterocycles. The number of ether oxygens (including phenoxy) is 2. The molecule has 1 N–H and O–H groups in total. The zero-order chi connectivity index (χ0) is 17.6. The van der Waals surface area contributed by atoms with Crippen molar-refractivity contribution in [3.63, 3.8) is 0 Å². The average molecular weight is 361 g/mol. The second-order valence-corrected chi connectivity index (χ2v) is 6.84. The van der Waals surface area contributed by atoms with Gasteiger partial charge in [0.1, 0.15) is 5.75 Å². The fourth-order valence-electron chi connectivity index (χ4n) is 2.84. The van der Waals surface area contributed by atoms with Crippen LogP contribution in [-0.2, 0) is 11.3 Å². The normalized spacial score (nSPS) is 14.6. The Morgan fingerprint density at radius 3 is 2.48 bits per heavy atom. The van der Waals surface area contributed by atoms with Gasteiger partial charge in [-0.25, -0.2) is 0 Å². The Kier molecular flexibility index (Phi) is 6.05. The van der Waals surface area contributed by atoms with Crippen molar-refractivity contribution in [2.24, 2.45) is 0 Å². The van der Waals surface area contributed by atoms with Crippen LogP contribution in [0.2, 0.25) is 5.02 Å². The summed E-state index contributed by atoms with van der Waals surface area (Å²) in [6.07, 6.45) is 0.191. The maximum Gasteiger partial charge on any atom is 0.119 e. The zero-order valence-corrected chi connectivity index (χ0v) is 15.6. The predicted octanol–water partition coefficient (Wildman–Crippen LogP) is 4.58. The summed E-state index contributed by atoms with van der Waals surface area (Å²) >= 11 is 6.47. The molecule has 3 rings (SSSR count). The molecular weight excluding hydrogens is 336 g/mol. The summed E-state index contributed by atoms with van der Waals surface area (Å²) < 4.78 is 11.1. The van der Waals surface area contributed by atoms with Gasteiger partial charge < -0.3 is 19.7 Å². The maximum absolute atomic E-state index is 6.47. The van der Waals surface area contributed by atoms with Crippen LogP contribution in [-0.4, -0.2) is 32.4 Å². The second-order valence-electron chi connectivity index (χ2n) is 6.43. The van der Waals surface area contributed by atoms with Crippen LogP contribution in [0.15, 0.2) is 42.5 Å². The van der Waals surface area contributed by atoms with Gasteiger partial charge >= 0.3 is 0 Å². The Labute approximate surface area is 154 Å². The number of hydrogen-bond acceptors (Lipinski definition) is 4. The first-order chi connectivity index (χ1) is 12.1. The van der Waals surface area contributed by atoms with Crippen molar-refractivity contribution in [2.45, 2.75) is 26.5 Å². The third-order valence-electron chi connectivity index (χ3n) is 4.09. The van der Waals surface area contributed by atoms with E-state index in [-0.39, 0.29) is 6.10 Å². The van der Waals surface area contributed by atoms with E-state index in [1.165, 1.54) is 5.56 Å². The van der Waals surface area contributed by atoms with E-state index in [0.29, 0.717) is 0 Å². The molecule has 1 fully saturated rings. The van der Waals surface area contributed by atoms with E-state index in [9.17, 15) is 0 Å². The third-order valence-corrected chi connectivity index (χ3v) is 4.39. The first kappa shape index (κ1) is 17.9. The minimum absolute atomic E-state index is 0.191. The van der Waals surface area contributed by atoms with E-state index < -0.39 is 0 Å². The van der Waals surface area contributed by atoms with Crippen LogP contribution in [0.1, 0.15) is 19.4 Å². The highest BCUT2D eigenvalue weighted by molar-refractivity contribution is 6.33. The summed E-state index contributed by atoms with van der Waals surface area (Å²) in [5.74, 6) is 0.900. The monoisotopic (exact) mass is 360 g/mol. The predicted molar refractivity (Wildman–Crippen MR) is 104 cm³/mol. The molecule has 0 amide bonds. The van der Waals surface area contributed by atoms with Crippen molar-refractivity contribution in [1.29, 1.82) is 0 Å². The van der Waals surface area contributed by atoms with Crippen LogP contribution in [0.25, 0.3) is 0 Å². The molecule has 0 aliphatic carbocycles. The van der Waals surface area contributed by atoms with E-state index in [1.807, 2.05) is 32.0 Å². The lowest BCUT2D eigenvalue weighted by molar-refractivity contribution is 0.122. The molecule has 4 nitrogen and oxygen atoms in total. The maximum atomic E-state index is 6.47. The van der Waals surface area contributed by atoms with Crippen LogP contribution in [0, 0.1) is 0 Å². The quantitative estimate of drug-likeness (QED) is 0.817. The van der Waals surface area contributed by atoms with Crippen LogP contribution >= 0.6 is 11.6 Å². The molecule has 1 aliphatic rings. The summed E-state index contributed by atoms with van der Waals surface area (Å²) in [5.41, 5.74) is 3.29. The Morgan fingerprint density at radius 1 is 1.12 bits per heavy atom. The Balaban J connectivity index is 1.58. The van der Waals surface area contributed by atoms with Gasteiger partial charge in [0.2, 0.25) is 0 Å². The van der Waals surface area contributed by atoms with Crippen LogP contribution < -0.4 is 15.0 Å². The van der Waals surface area contributed by atoms with Crippen molar-refractivity contribution in [2.75, 3.05) is 36.5 Å². The summed E-state index contributed by atoms with van der Waals surface area (Å²) in [7, 11) is 0. The van der Waals surface area contributed by atoms with E-state index in [4.69, 9.17) is 21.1 Å². The van der Waals surface area contributed by atoms with Gasteiger partial charge in [-0.15, -0.1) is 0 Å². The molecular formula is C20H25ClN2O2. The Morgan fingerprint density at radius 2 is 1.84 bits per heavy atom. The first-order valence-electron chi connectivity index (χ1n) is 8.73. The lowest BCUT2D eigenvalue weighted by Crippen LogP contribution is -2.36. The molecule has 1 saturated heterocycles. The molecule has 5 heteroatoms. The molecule has 2 aromatic rings. The molecule has 134 valence electrons. The average Bonchev–Trinajstić information content (AvgIpc) is 2.61. The smallest absolute Gasteiger partial charge is 0.119 e. The molecule has 1 heterocycles. The summed E-state index contributed by atoms with van der Waals surface area (Å²) in [5, 5.41) is 4.19. The highest BCUT2D eigenvalue weighted by Gasteiger charge is 2.14. The fourth-order valence-corrected chi connectivity index (χ4v) is 3.14. The highest BCUT2D eigenvalue weighted by Crippen LogP contribution is 2.29. The molecule has 0 aromatic heterocycles. The van der Waals surface area contributed by atoms with E-state index in [0.717, 1.165) is 55.0 Å². The van der Waals surface area contributed by atoms with Crippen molar-refractivity contribution in [1.82, 2.24) is 0 Å². The van der Waals surface area contributed by atoms with Gasteiger partial charge in [-0.1, -0.05) is 23.7 Å². The number of morpholine rings is 1. The first-order valence-corrected chi connectivity index (χ1v) is 9.11. The number of nitrogens with zero attached hydrogens (tertiary/aromatic N) is 1. The van der Waals surface area contributed by atoms with Gasteiger partial charge in [0, 0.05) is 25.3 Å². The topological polar surface area (TPSA) is 33.7 Å². The molecule has 0 atom stereocenters. The number of halogens is 1. The van der Waals surface area contributed by atoms with Crippen molar-refractivity contribution in [3.05, 3.63) is 53.1 Å². The van der Waals surface area contributed by atoms with Gasteiger partial charge in [-0.2, -0.15) is 0 Å². The Hall–Kier alpha value is -1.91. The zero-order valence-electron chi connectivity index (χ0n) is 14.8. The van der Waals surface area contributed by atoms with Crippen LogP contribution in [0.3, 0.4) is 0 Å². The molecule has 0 bridgehead atoms. The van der Waals surface area contributed by atoms with E-state index in [1.54, 1.807) is 0 Å². The van der Waals surface area contributed by atoms with E-state index in [2.05, 4.69) is 34.5 Å². The van der Waals surface area contributed by atoms with Gasteiger partial charge in [0.25, 0.3) is 0 Å². The van der Waals surface area contributed by atoms with Gasteiger partial charge in [-0.05, 0) is 49.7 Å². The molecule has 0 saturated carbocycles. The van der Waals surface area contributed by atoms with Gasteiger partial charge in [-0.3, -0.25) is 0 Å². The van der Waals surface area contributed by atoms with Crippen molar-refractivity contribution >= 4 is 23.0 Å². The molecule has 0 radical (unpaired) electrons. The largest absolute Gasteiger partial charge is 0.491 e. The van der Waals surface area contributed by atoms with Crippen molar-refractivity contribution in [3.8, 4) is 5.75 Å². The number of hydrogen-bond donors (Lipinski definition) is 1. The summed E-state index contributed by atoms with van der Waals surface area (Å²) in [4.78, 5) is 2.27. The molecule has 0 spiro atoms. The number of anilines is 2. The number of rotatable bonds is 6. The summed E-state index contributed by atoms with van der Waals surface area (Å²) in [6, 6.07) is 14.3. The van der Waals surface area contributed by atoms with Crippen LogP contribution in [0.4, 0.5) is 11.4 Å². The fraction of sp³-hybridized carbons (Fsp3) is 0.400. The number of benzene rings is 2. The standard InChI is InChI=1S/C20H25ClN2O2/c1-15(2)25-18-6-3-16(4-7-18)14-22-17-5-8-20(19(21)13-17)23-9-11-24-12-10-23/h3-8,13,15,22H,9-12,14H2,1-2H3.